The molecule has 0 unspecified atom stereocenters. The van der Waals surface area contributed by atoms with Crippen molar-refractivity contribution in [2.24, 2.45) is 0 Å². The van der Waals surface area contributed by atoms with Crippen LogP contribution in [0.5, 0.6) is 0 Å². The Bertz CT molecular complexity index is 549. The summed E-state index contributed by atoms with van der Waals surface area (Å²) in [4.78, 5) is 2.56. The lowest BCUT2D eigenvalue weighted by Crippen LogP contribution is -2.25. The smallest absolute Gasteiger partial charge is 0.0461 e. The van der Waals surface area contributed by atoms with E-state index in [2.05, 4.69) is 43.7 Å². The predicted octanol–water partition coefficient (Wildman–Crippen LogP) is 4.26. The summed E-state index contributed by atoms with van der Waals surface area (Å²) in [5.74, 6) is 0. The van der Waals surface area contributed by atoms with Gasteiger partial charge in [-0.15, -0.1) is 0 Å². The van der Waals surface area contributed by atoms with Crippen LogP contribution in [-0.2, 0) is 13.1 Å². The molecule has 3 rings (SSSR count). The standard InChI is InChI=1S/C15H17BrN2S/c16-15-12(2-1-3-14(15)17)9-18(13-4-5-13)8-11-6-7-19-10-11/h1-3,6-7,10,13H,4-5,8-9,17H2. The molecule has 0 bridgehead atoms. The van der Waals surface area contributed by atoms with Crippen LogP contribution in [0.25, 0.3) is 0 Å². The maximum Gasteiger partial charge on any atom is 0.0461 e. The van der Waals surface area contributed by atoms with Gasteiger partial charge in [-0.3, -0.25) is 4.90 Å². The van der Waals surface area contributed by atoms with Gasteiger partial charge in [-0.1, -0.05) is 12.1 Å². The zero-order chi connectivity index (χ0) is 13.2. The summed E-state index contributed by atoms with van der Waals surface area (Å²) in [7, 11) is 0. The quantitative estimate of drug-likeness (QED) is 0.826. The monoisotopic (exact) mass is 336 g/mol. The normalized spacial score (nSPS) is 15.1. The average molecular weight is 337 g/mol. The molecule has 4 heteroatoms. The molecule has 1 aliphatic carbocycles. The fourth-order valence-electron chi connectivity index (χ4n) is 2.31. The first-order chi connectivity index (χ1) is 9.24. The van der Waals surface area contributed by atoms with Gasteiger partial charge in [0.25, 0.3) is 0 Å². The summed E-state index contributed by atoms with van der Waals surface area (Å²) in [5, 5.41) is 4.39. The second kappa shape index (κ2) is 5.65. The lowest BCUT2D eigenvalue weighted by molar-refractivity contribution is 0.245. The van der Waals surface area contributed by atoms with Crippen molar-refractivity contribution in [2.45, 2.75) is 32.0 Å². The number of halogens is 1. The molecule has 1 aromatic carbocycles. The van der Waals surface area contributed by atoms with Crippen molar-refractivity contribution >= 4 is 33.0 Å². The molecule has 1 fully saturated rings. The molecule has 100 valence electrons. The summed E-state index contributed by atoms with van der Waals surface area (Å²) < 4.78 is 1.05. The molecule has 1 aliphatic rings. The number of nitrogen functional groups attached to an aromatic ring is 1. The van der Waals surface area contributed by atoms with E-state index in [1.807, 2.05) is 12.1 Å². The van der Waals surface area contributed by atoms with Gasteiger partial charge in [0.05, 0.1) is 0 Å². The number of benzene rings is 1. The molecule has 1 aromatic heterocycles. The number of anilines is 1. The Labute approximate surface area is 126 Å². The summed E-state index contributed by atoms with van der Waals surface area (Å²) in [6, 6.07) is 9.09. The van der Waals surface area contributed by atoms with Crippen molar-refractivity contribution in [3.63, 3.8) is 0 Å². The number of rotatable bonds is 5. The minimum atomic E-state index is 0.744. The third-order valence-corrected chi connectivity index (χ3v) is 5.21. The molecule has 0 spiro atoms. The summed E-state index contributed by atoms with van der Waals surface area (Å²) in [5.41, 5.74) is 9.48. The van der Waals surface area contributed by atoms with Crippen molar-refractivity contribution in [2.75, 3.05) is 5.73 Å². The first kappa shape index (κ1) is 13.2. The van der Waals surface area contributed by atoms with Gasteiger partial charge < -0.3 is 5.73 Å². The Morgan fingerprint density at radius 2 is 2.11 bits per heavy atom. The fourth-order valence-corrected chi connectivity index (χ4v) is 3.36. The largest absolute Gasteiger partial charge is 0.398 e. The van der Waals surface area contributed by atoms with Gasteiger partial charge in [-0.2, -0.15) is 11.3 Å². The lowest BCUT2D eigenvalue weighted by Gasteiger charge is -2.22. The van der Waals surface area contributed by atoms with Gasteiger partial charge in [0.2, 0.25) is 0 Å². The third-order valence-electron chi connectivity index (χ3n) is 3.51. The Morgan fingerprint density at radius 1 is 1.26 bits per heavy atom. The van der Waals surface area contributed by atoms with Gasteiger partial charge in [-0.25, -0.2) is 0 Å². The first-order valence-corrected chi connectivity index (χ1v) is 8.25. The zero-order valence-electron chi connectivity index (χ0n) is 10.7. The SMILES string of the molecule is Nc1cccc(CN(Cc2ccsc2)C2CC2)c1Br. The van der Waals surface area contributed by atoms with Crippen LogP contribution in [0.4, 0.5) is 5.69 Å². The third kappa shape index (κ3) is 3.19. The molecule has 19 heavy (non-hydrogen) atoms. The van der Waals surface area contributed by atoms with Crippen LogP contribution in [0.1, 0.15) is 24.0 Å². The average Bonchev–Trinajstić information content (AvgIpc) is 3.13. The number of nitrogens with zero attached hydrogens (tertiary/aromatic N) is 1. The highest BCUT2D eigenvalue weighted by Crippen LogP contribution is 2.32. The van der Waals surface area contributed by atoms with Crippen molar-refractivity contribution in [3.05, 3.63) is 50.6 Å². The second-order valence-corrected chi connectivity index (χ2v) is 6.66. The maximum absolute atomic E-state index is 5.96. The second-order valence-electron chi connectivity index (χ2n) is 5.09. The number of hydrogen-bond acceptors (Lipinski definition) is 3. The van der Waals surface area contributed by atoms with Gasteiger partial charge >= 0.3 is 0 Å². The molecule has 2 nitrogen and oxygen atoms in total. The van der Waals surface area contributed by atoms with Crippen molar-refractivity contribution < 1.29 is 0 Å². The zero-order valence-corrected chi connectivity index (χ0v) is 13.1. The van der Waals surface area contributed by atoms with E-state index in [1.54, 1.807) is 11.3 Å². The van der Waals surface area contributed by atoms with Crippen LogP contribution in [0, 0.1) is 0 Å². The first-order valence-electron chi connectivity index (χ1n) is 6.52. The molecule has 0 radical (unpaired) electrons. The van der Waals surface area contributed by atoms with Crippen molar-refractivity contribution in [1.82, 2.24) is 4.90 Å². The Morgan fingerprint density at radius 3 is 2.79 bits per heavy atom. The summed E-state index contributed by atoms with van der Waals surface area (Å²) >= 11 is 5.38. The Balaban J connectivity index is 1.76. The van der Waals surface area contributed by atoms with Crippen molar-refractivity contribution in [3.8, 4) is 0 Å². The minimum absolute atomic E-state index is 0.744. The maximum atomic E-state index is 5.96. The summed E-state index contributed by atoms with van der Waals surface area (Å²) in [6.07, 6.45) is 2.65. The van der Waals surface area contributed by atoms with Crippen LogP contribution >= 0.6 is 27.3 Å². The molecule has 1 saturated carbocycles. The van der Waals surface area contributed by atoms with Crippen LogP contribution in [0.15, 0.2) is 39.5 Å². The van der Waals surface area contributed by atoms with E-state index in [0.29, 0.717) is 0 Å². The number of thiophene rings is 1. The molecule has 0 aliphatic heterocycles. The van der Waals surface area contributed by atoms with E-state index in [1.165, 1.54) is 24.0 Å². The van der Waals surface area contributed by atoms with E-state index in [4.69, 9.17) is 5.73 Å². The minimum Gasteiger partial charge on any atom is -0.398 e. The Hall–Kier alpha value is -0.840. The predicted molar refractivity (Wildman–Crippen MR) is 85.1 cm³/mol. The van der Waals surface area contributed by atoms with E-state index >= 15 is 0 Å². The molecule has 0 saturated heterocycles. The van der Waals surface area contributed by atoms with E-state index < -0.39 is 0 Å². The number of nitrogens with two attached hydrogens (primary N) is 1. The van der Waals surface area contributed by atoms with E-state index in [9.17, 15) is 0 Å². The van der Waals surface area contributed by atoms with Gasteiger partial charge in [0.15, 0.2) is 0 Å². The molecular formula is C15H17BrN2S. The molecule has 1 heterocycles. The summed E-state index contributed by atoms with van der Waals surface area (Å²) in [6.45, 7) is 2.00. The van der Waals surface area contributed by atoms with Gasteiger partial charge in [0.1, 0.15) is 0 Å². The molecule has 0 atom stereocenters. The van der Waals surface area contributed by atoms with Gasteiger partial charge in [0, 0.05) is 29.3 Å². The highest BCUT2D eigenvalue weighted by Gasteiger charge is 2.29. The highest BCUT2D eigenvalue weighted by atomic mass is 79.9. The molecule has 2 N–H and O–H groups in total. The fraction of sp³-hybridized carbons (Fsp3) is 0.333. The molecule has 2 aromatic rings. The van der Waals surface area contributed by atoms with Crippen LogP contribution < -0.4 is 5.73 Å². The molecule has 0 amide bonds. The van der Waals surface area contributed by atoms with Crippen LogP contribution in [0.2, 0.25) is 0 Å². The van der Waals surface area contributed by atoms with E-state index in [-0.39, 0.29) is 0 Å². The molecular weight excluding hydrogens is 320 g/mol. The van der Waals surface area contributed by atoms with Crippen LogP contribution in [0.3, 0.4) is 0 Å². The Kier molecular flexibility index (Phi) is 3.91. The van der Waals surface area contributed by atoms with Crippen LogP contribution in [-0.4, -0.2) is 10.9 Å². The van der Waals surface area contributed by atoms with E-state index in [0.717, 1.165) is 29.3 Å². The van der Waals surface area contributed by atoms with Crippen molar-refractivity contribution in [1.29, 1.82) is 0 Å². The van der Waals surface area contributed by atoms with Gasteiger partial charge in [-0.05, 0) is 62.8 Å². The topological polar surface area (TPSA) is 29.3 Å². The lowest BCUT2D eigenvalue weighted by atomic mass is 10.1. The highest BCUT2D eigenvalue weighted by molar-refractivity contribution is 9.10. The number of hydrogen-bond donors (Lipinski definition) is 1.